The van der Waals surface area contributed by atoms with Crippen LogP contribution in [-0.4, -0.2) is 57.5 Å². The molecule has 1 aromatic heterocycles. The SMILES string of the molecule is Cc1ccc(S(=O)(=O)N(C)c2nc3ccccc3nc2NCCCN(C)C)cc1. The molecule has 0 bridgehead atoms. The first-order valence-electron chi connectivity index (χ1n) is 9.50. The fourth-order valence-electron chi connectivity index (χ4n) is 2.91. The van der Waals surface area contributed by atoms with E-state index in [4.69, 9.17) is 0 Å². The number of hydrogen-bond donors (Lipinski definition) is 1. The van der Waals surface area contributed by atoms with Crippen LogP contribution in [0, 0.1) is 6.92 Å². The zero-order valence-electron chi connectivity index (χ0n) is 17.3. The number of anilines is 2. The Balaban J connectivity index is 1.98. The first kappa shape index (κ1) is 21.0. The minimum Gasteiger partial charge on any atom is -0.367 e. The second-order valence-corrected chi connectivity index (χ2v) is 9.22. The second kappa shape index (κ2) is 8.75. The number of benzene rings is 2. The smallest absolute Gasteiger partial charge is 0.265 e. The molecule has 0 fully saturated rings. The molecule has 0 aliphatic carbocycles. The molecular weight excluding hydrogens is 386 g/mol. The van der Waals surface area contributed by atoms with Crippen LogP contribution in [0.3, 0.4) is 0 Å². The third-order valence-electron chi connectivity index (χ3n) is 4.60. The van der Waals surface area contributed by atoms with Crippen LogP contribution in [0.25, 0.3) is 11.0 Å². The van der Waals surface area contributed by atoms with Gasteiger partial charge >= 0.3 is 0 Å². The average Bonchev–Trinajstić information content (AvgIpc) is 2.70. The molecule has 0 saturated heterocycles. The Labute approximate surface area is 172 Å². The van der Waals surface area contributed by atoms with Crippen molar-refractivity contribution in [3.63, 3.8) is 0 Å². The lowest BCUT2D eigenvalue weighted by atomic mass is 10.2. The van der Waals surface area contributed by atoms with Gasteiger partial charge in [-0.3, -0.25) is 0 Å². The molecule has 1 N–H and O–H groups in total. The molecule has 0 radical (unpaired) electrons. The molecule has 154 valence electrons. The predicted molar refractivity (Wildman–Crippen MR) is 118 cm³/mol. The van der Waals surface area contributed by atoms with E-state index in [1.54, 1.807) is 24.3 Å². The van der Waals surface area contributed by atoms with E-state index in [1.165, 1.54) is 11.4 Å². The van der Waals surface area contributed by atoms with Gasteiger partial charge in [0, 0.05) is 13.6 Å². The summed E-state index contributed by atoms with van der Waals surface area (Å²) in [4.78, 5) is 11.6. The van der Waals surface area contributed by atoms with E-state index in [1.807, 2.05) is 45.3 Å². The normalized spacial score (nSPS) is 11.8. The maximum absolute atomic E-state index is 13.2. The van der Waals surface area contributed by atoms with Crippen LogP contribution < -0.4 is 9.62 Å². The van der Waals surface area contributed by atoms with E-state index in [-0.39, 0.29) is 10.7 Å². The largest absolute Gasteiger partial charge is 0.367 e. The monoisotopic (exact) mass is 413 g/mol. The van der Waals surface area contributed by atoms with E-state index in [2.05, 4.69) is 20.2 Å². The maximum atomic E-state index is 13.2. The third-order valence-corrected chi connectivity index (χ3v) is 6.37. The Morgan fingerprint density at radius 3 is 2.17 bits per heavy atom. The zero-order chi connectivity index (χ0) is 21.0. The van der Waals surface area contributed by atoms with Crippen LogP contribution in [0.1, 0.15) is 12.0 Å². The van der Waals surface area contributed by atoms with E-state index in [0.717, 1.165) is 18.5 Å². The van der Waals surface area contributed by atoms with Crippen molar-refractivity contribution in [1.82, 2.24) is 14.9 Å². The van der Waals surface area contributed by atoms with Crippen LogP contribution in [0.5, 0.6) is 0 Å². The van der Waals surface area contributed by atoms with Crippen molar-refractivity contribution in [1.29, 1.82) is 0 Å². The summed E-state index contributed by atoms with van der Waals surface area (Å²) in [5, 5.41) is 3.27. The maximum Gasteiger partial charge on any atom is 0.265 e. The molecule has 0 unspecified atom stereocenters. The van der Waals surface area contributed by atoms with Gasteiger partial charge in [-0.25, -0.2) is 22.7 Å². The van der Waals surface area contributed by atoms with Gasteiger partial charge in [-0.1, -0.05) is 29.8 Å². The molecule has 8 heteroatoms. The first-order chi connectivity index (χ1) is 13.8. The van der Waals surface area contributed by atoms with Crippen molar-refractivity contribution in [2.45, 2.75) is 18.2 Å². The van der Waals surface area contributed by atoms with Crippen molar-refractivity contribution in [2.75, 3.05) is 43.9 Å². The summed E-state index contributed by atoms with van der Waals surface area (Å²) < 4.78 is 27.6. The Bertz CT molecular complexity index is 1080. The lowest BCUT2D eigenvalue weighted by molar-refractivity contribution is 0.405. The van der Waals surface area contributed by atoms with Crippen LogP contribution in [-0.2, 0) is 10.0 Å². The van der Waals surface area contributed by atoms with Crippen LogP contribution in [0.4, 0.5) is 11.6 Å². The highest BCUT2D eigenvalue weighted by Gasteiger charge is 2.25. The van der Waals surface area contributed by atoms with Crippen LogP contribution in [0.2, 0.25) is 0 Å². The lowest BCUT2D eigenvalue weighted by Gasteiger charge is -2.22. The van der Waals surface area contributed by atoms with E-state index < -0.39 is 10.0 Å². The quantitative estimate of drug-likeness (QED) is 0.572. The molecule has 0 amide bonds. The molecule has 0 saturated carbocycles. The minimum absolute atomic E-state index is 0.221. The van der Waals surface area contributed by atoms with Crippen molar-refractivity contribution >= 4 is 32.7 Å². The van der Waals surface area contributed by atoms with E-state index in [0.29, 0.717) is 23.4 Å². The standard InChI is InChI=1S/C21H27N5O2S/c1-16-10-12-17(13-11-16)29(27,28)26(4)21-20(22-14-7-15-25(2)3)23-18-8-5-6-9-19(18)24-21/h5-6,8-13H,7,14-15H2,1-4H3,(H,22,23). The molecular formula is C21H27N5O2S. The summed E-state index contributed by atoms with van der Waals surface area (Å²) in [6.07, 6.45) is 0.898. The van der Waals surface area contributed by atoms with Gasteiger partial charge in [0.15, 0.2) is 11.6 Å². The van der Waals surface area contributed by atoms with E-state index in [9.17, 15) is 8.42 Å². The zero-order valence-corrected chi connectivity index (χ0v) is 18.1. The highest BCUT2D eigenvalue weighted by molar-refractivity contribution is 7.92. The molecule has 2 aromatic carbocycles. The summed E-state index contributed by atoms with van der Waals surface area (Å²) in [6, 6.07) is 14.2. The highest BCUT2D eigenvalue weighted by Crippen LogP contribution is 2.28. The summed E-state index contributed by atoms with van der Waals surface area (Å²) in [5.74, 6) is 0.745. The van der Waals surface area contributed by atoms with Gasteiger partial charge in [0.2, 0.25) is 0 Å². The Morgan fingerprint density at radius 2 is 1.55 bits per heavy atom. The molecule has 1 heterocycles. The minimum atomic E-state index is -3.76. The summed E-state index contributed by atoms with van der Waals surface area (Å²) in [5.41, 5.74) is 2.36. The fourth-order valence-corrected chi connectivity index (χ4v) is 4.06. The van der Waals surface area contributed by atoms with Crippen molar-refractivity contribution in [3.8, 4) is 0 Å². The predicted octanol–water partition coefficient (Wildman–Crippen LogP) is 3.13. The Hall–Kier alpha value is -2.71. The fraction of sp³-hybridized carbons (Fsp3) is 0.333. The molecule has 0 spiro atoms. The molecule has 29 heavy (non-hydrogen) atoms. The number of aromatic nitrogens is 2. The lowest BCUT2D eigenvalue weighted by Crippen LogP contribution is -2.29. The molecule has 0 atom stereocenters. The number of para-hydroxylation sites is 2. The summed E-state index contributed by atoms with van der Waals surface area (Å²) >= 11 is 0. The third kappa shape index (κ3) is 4.83. The number of sulfonamides is 1. The molecule has 3 aromatic rings. The number of nitrogens with zero attached hydrogens (tertiary/aromatic N) is 4. The van der Waals surface area contributed by atoms with Gasteiger partial charge in [0.1, 0.15) is 0 Å². The van der Waals surface area contributed by atoms with Gasteiger partial charge in [0.05, 0.1) is 15.9 Å². The topological polar surface area (TPSA) is 78.4 Å². The number of fused-ring (bicyclic) bond motifs is 1. The molecule has 0 aliphatic rings. The first-order valence-corrected chi connectivity index (χ1v) is 10.9. The second-order valence-electron chi connectivity index (χ2n) is 7.25. The van der Waals surface area contributed by atoms with Crippen molar-refractivity contribution in [3.05, 3.63) is 54.1 Å². The van der Waals surface area contributed by atoms with Crippen molar-refractivity contribution in [2.24, 2.45) is 0 Å². The van der Waals surface area contributed by atoms with Crippen molar-refractivity contribution < 1.29 is 8.42 Å². The van der Waals surface area contributed by atoms with Crippen LogP contribution >= 0.6 is 0 Å². The summed E-state index contributed by atoms with van der Waals surface area (Å²) in [7, 11) is 1.79. The van der Waals surface area contributed by atoms with Gasteiger partial charge in [0.25, 0.3) is 10.0 Å². The Morgan fingerprint density at radius 1 is 0.931 bits per heavy atom. The Kier molecular flexibility index (Phi) is 6.34. The molecule has 0 aliphatic heterocycles. The highest BCUT2D eigenvalue weighted by atomic mass is 32.2. The number of hydrogen-bond acceptors (Lipinski definition) is 6. The molecule has 3 rings (SSSR count). The van der Waals surface area contributed by atoms with Gasteiger partial charge in [-0.15, -0.1) is 0 Å². The molecule has 7 nitrogen and oxygen atoms in total. The average molecular weight is 414 g/mol. The summed E-state index contributed by atoms with van der Waals surface area (Å²) in [6.45, 7) is 3.50. The number of aryl methyl sites for hydroxylation is 1. The number of rotatable bonds is 8. The van der Waals surface area contributed by atoms with E-state index >= 15 is 0 Å². The van der Waals surface area contributed by atoms with Gasteiger partial charge < -0.3 is 10.2 Å². The van der Waals surface area contributed by atoms with Gasteiger partial charge in [-0.05, 0) is 58.3 Å². The van der Waals surface area contributed by atoms with Crippen LogP contribution in [0.15, 0.2) is 53.4 Å². The number of nitrogens with one attached hydrogen (secondary N) is 1. The van der Waals surface area contributed by atoms with Gasteiger partial charge in [-0.2, -0.15) is 0 Å².